The lowest BCUT2D eigenvalue weighted by Crippen LogP contribution is -2.45. The topological polar surface area (TPSA) is 86.7 Å². The lowest BCUT2D eigenvalue weighted by molar-refractivity contribution is -0.142. The second kappa shape index (κ2) is 6.03. The molecule has 0 aromatic rings. The highest BCUT2D eigenvalue weighted by atomic mass is 16.4. The quantitative estimate of drug-likeness (QED) is 0.627. The van der Waals surface area contributed by atoms with Crippen molar-refractivity contribution >= 4 is 17.8 Å². The molecule has 6 nitrogen and oxygen atoms in total. The smallest absolute Gasteiger partial charge is 0.326 e. The summed E-state index contributed by atoms with van der Waals surface area (Å²) < 4.78 is 0. The Morgan fingerprint density at radius 3 is 2.76 bits per heavy atom. The lowest BCUT2D eigenvalue weighted by atomic mass is 10.2. The summed E-state index contributed by atoms with van der Waals surface area (Å²) in [7, 11) is 0. The minimum absolute atomic E-state index is 0.0595. The maximum absolute atomic E-state index is 11.5. The van der Waals surface area contributed by atoms with Gasteiger partial charge in [0.15, 0.2) is 0 Å². The molecule has 0 aromatic heterocycles. The van der Waals surface area contributed by atoms with Gasteiger partial charge in [-0.3, -0.25) is 9.59 Å². The fourth-order valence-corrected chi connectivity index (χ4v) is 1.67. The fraction of sp³-hybridized carbons (Fsp3) is 0.545. The molecule has 1 heterocycles. The van der Waals surface area contributed by atoms with Crippen molar-refractivity contribution < 1.29 is 19.5 Å². The van der Waals surface area contributed by atoms with Gasteiger partial charge in [-0.25, -0.2) is 4.79 Å². The normalized spacial score (nSPS) is 16.7. The van der Waals surface area contributed by atoms with Crippen LogP contribution in [0.25, 0.3) is 0 Å². The third-order valence-electron chi connectivity index (χ3n) is 2.54. The molecule has 2 amide bonds. The minimum Gasteiger partial charge on any atom is -0.480 e. The van der Waals surface area contributed by atoms with Gasteiger partial charge in [0.1, 0.15) is 6.04 Å². The van der Waals surface area contributed by atoms with Crippen LogP contribution in [0.15, 0.2) is 12.7 Å². The molecule has 94 valence electrons. The highest BCUT2D eigenvalue weighted by Crippen LogP contribution is 2.08. The number of carboxylic acids is 1. The van der Waals surface area contributed by atoms with Crippen LogP contribution in [-0.4, -0.2) is 46.9 Å². The van der Waals surface area contributed by atoms with Crippen LogP contribution in [0.1, 0.15) is 19.3 Å². The van der Waals surface area contributed by atoms with E-state index < -0.39 is 17.9 Å². The van der Waals surface area contributed by atoms with E-state index in [0.717, 1.165) is 6.42 Å². The van der Waals surface area contributed by atoms with Crippen LogP contribution >= 0.6 is 0 Å². The fourth-order valence-electron chi connectivity index (χ4n) is 1.67. The number of hydrogen-bond acceptors (Lipinski definition) is 3. The van der Waals surface area contributed by atoms with Crippen LogP contribution < -0.4 is 5.32 Å². The Morgan fingerprint density at radius 1 is 1.59 bits per heavy atom. The largest absolute Gasteiger partial charge is 0.480 e. The van der Waals surface area contributed by atoms with Crippen molar-refractivity contribution in [1.82, 2.24) is 10.2 Å². The molecular weight excluding hydrogens is 224 g/mol. The maximum Gasteiger partial charge on any atom is 0.326 e. The van der Waals surface area contributed by atoms with E-state index in [9.17, 15) is 14.4 Å². The first-order valence-electron chi connectivity index (χ1n) is 5.45. The third kappa shape index (κ3) is 3.90. The number of carboxylic acid groups (broad SMARTS) is 1. The number of nitrogens with one attached hydrogen (secondary N) is 1. The molecule has 0 aliphatic carbocycles. The molecule has 1 aliphatic heterocycles. The van der Waals surface area contributed by atoms with Crippen molar-refractivity contribution in [2.24, 2.45) is 0 Å². The molecule has 0 spiro atoms. The molecule has 0 bridgehead atoms. The highest BCUT2D eigenvalue weighted by Gasteiger charge is 2.24. The Hall–Kier alpha value is -1.85. The van der Waals surface area contributed by atoms with Crippen LogP contribution in [-0.2, 0) is 14.4 Å². The molecule has 1 aliphatic rings. The van der Waals surface area contributed by atoms with E-state index in [2.05, 4.69) is 11.9 Å². The molecule has 6 heteroatoms. The molecule has 2 N–H and O–H groups in total. The monoisotopic (exact) mass is 240 g/mol. The first-order chi connectivity index (χ1) is 8.04. The molecular formula is C11H16N2O4. The van der Waals surface area contributed by atoms with Gasteiger partial charge in [-0.1, -0.05) is 6.08 Å². The van der Waals surface area contributed by atoms with Gasteiger partial charge in [-0.05, 0) is 12.8 Å². The van der Waals surface area contributed by atoms with E-state index in [0.29, 0.717) is 13.0 Å². The van der Waals surface area contributed by atoms with E-state index >= 15 is 0 Å². The Balaban J connectivity index is 2.44. The summed E-state index contributed by atoms with van der Waals surface area (Å²) in [5.41, 5.74) is 0. The maximum atomic E-state index is 11.5. The average Bonchev–Trinajstić information content (AvgIpc) is 2.63. The average molecular weight is 240 g/mol. The van der Waals surface area contributed by atoms with Gasteiger partial charge in [-0.15, -0.1) is 6.58 Å². The predicted molar refractivity (Wildman–Crippen MR) is 60.2 cm³/mol. The standard InChI is InChI=1S/C11H16N2O4/c1-2-4-8(11(16)17)12-9(14)7-13-6-3-5-10(13)15/h2,8H,1,3-7H2,(H,12,14)(H,16,17). The number of amides is 2. The number of aliphatic carboxylic acids is 1. The summed E-state index contributed by atoms with van der Waals surface area (Å²) in [5, 5.41) is 11.2. The van der Waals surface area contributed by atoms with Gasteiger partial charge in [-0.2, -0.15) is 0 Å². The number of carbonyl (C=O) groups is 3. The summed E-state index contributed by atoms with van der Waals surface area (Å²) >= 11 is 0. The van der Waals surface area contributed by atoms with Crippen molar-refractivity contribution in [3.8, 4) is 0 Å². The number of rotatable bonds is 6. The zero-order valence-electron chi connectivity index (χ0n) is 9.52. The summed E-state index contributed by atoms with van der Waals surface area (Å²) in [4.78, 5) is 35.0. The molecule has 1 atom stereocenters. The van der Waals surface area contributed by atoms with E-state index in [1.165, 1.54) is 11.0 Å². The first kappa shape index (κ1) is 13.2. The zero-order chi connectivity index (χ0) is 12.8. The first-order valence-corrected chi connectivity index (χ1v) is 5.45. The second-order valence-electron chi connectivity index (χ2n) is 3.90. The lowest BCUT2D eigenvalue weighted by Gasteiger charge is -2.17. The molecule has 17 heavy (non-hydrogen) atoms. The van der Waals surface area contributed by atoms with Crippen LogP contribution in [0.4, 0.5) is 0 Å². The number of carbonyl (C=O) groups excluding carboxylic acids is 2. The number of hydrogen-bond donors (Lipinski definition) is 2. The molecule has 1 fully saturated rings. The van der Waals surface area contributed by atoms with Gasteiger partial charge in [0, 0.05) is 13.0 Å². The molecule has 1 rings (SSSR count). The van der Waals surface area contributed by atoms with Crippen molar-refractivity contribution in [1.29, 1.82) is 0 Å². The Labute approximate surface area is 99.3 Å². The van der Waals surface area contributed by atoms with E-state index in [-0.39, 0.29) is 18.9 Å². The van der Waals surface area contributed by atoms with Crippen molar-refractivity contribution in [3.63, 3.8) is 0 Å². The molecule has 1 saturated heterocycles. The van der Waals surface area contributed by atoms with Gasteiger partial charge < -0.3 is 15.3 Å². The molecule has 0 aromatic carbocycles. The van der Waals surface area contributed by atoms with Gasteiger partial charge >= 0.3 is 5.97 Å². The Morgan fingerprint density at radius 2 is 2.29 bits per heavy atom. The SMILES string of the molecule is C=CCC(NC(=O)CN1CCCC1=O)C(=O)O. The second-order valence-corrected chi connectivity index (χ2v) is 3.90. The van der Waals surface area contributed by atoms with Crippen LogP contribution in [0.5, 0.6) is 0 Å². The molecule has 0 saturated carbocycles. The van der Waals surface area contributed by atoms with Gasteiger partial charge in [0.2, 0.25) is 11.8 Å². The summed E-state index contributed by atoms with van der Waals surface area (Å²) in [5.74, 6) is -1.61. The Kier molecular flexibility index (Phi) is 4.68. The molecule has 1 unspecified atom stereocenters. The number of nitrogens with zero attached hydrogens (tertiary/aromatic N) is 1. The summed E-state index contributed by atoms with van der Waals surface area (Å²) in [6.45, 7) is 3.92. The van der Waals surface area contributed by atoms with E-state index in [1.54, 1.807) is 0 Å². The van der Waals surface area contributed by atoms with Crippen molar-refractivity contribution in [2.75, 3.05) is 13.1 Å². The Bertz CT molecular complexity index is 340. The van der Waals surface area contributed by atoms with Gasteiger partial charge in [0.05, 0.1) is 6.54 Å². The van der Waals surface area contributed by atoms with Crippen LogP contribution in [0.2, 0.25) is 0 Å². The van der Waals surface area contributed by atoms with E-state index in [4.69, 9.17) is 5.11 Å². The van der Waals surface area contributed by atoms with Crippen LogP contribution in [0, 0.1) is 0 Å². The highest BCUT2D eigenvalue weighted by molar-refractivity contribution is 5.88. The summed E-state index contributed by atoms with van der Waals surface area (Å²) in [6, 6.07) is -0.974. The van der Waals surface area contributed by atoms with Gasteiger partial charge in [0.25, 0.3) is 0 Å². The third-order valence-corrected chi connectivity index (χ3v) is 2.54. The summed E-state index contributed by atoms with van der Waals surface area (Å²) in [6.07, 6.45) is 2.80. The van der Waals surface area contributed by atoms with Crippen molar-refractivity contribution in [2.45, 2.75) is 25.3 Å². The minimum atomic E-state index is -1.11. The van der Waals surface area contributed by atoms with Crippen molar-refractivity contribution in [3.05, 3.63) is 12.7 Å². The number of likely N-dealkylation sites (tertiary alicyclic amines) is 1. The zero-order valence-corrected chi connectivity index (χ0v) is 9.52. The van der Waals surface area contributed by atoms with Crippen LogP contribution in [0.3, 0.4) is 0 Å². The predicted octanol–water partition coefficient (Wildman–Crippen LogP) is -0.246. The molecule has 0 radical (unpaired) electrons. The van der Waals surface area contributed by atoms with E-state index in [1.807, 2.05) is 0 Å².